The number of pyridine rings is 1. The number of hydrogen-bond donors (Lipinski definition) is 1. The van der Waals surface area contributed by atoms with Gasteiger partial charge in [0, 0.05) is 45.3 Å². The molecule has 0 unspecified atom stereocenters. The lowest BCUT2D eigenvalue weighted by molar-refractivity contribution is -0.131. The van der Waals surface area contributed by atoms with E-state index in [-0.39, 0.29) is 11.8 Å². The molecule has 6 nitrogen and oxygen atoms in total. The minimum absolute atomic E-state index is 0.0584. The van der Waals surface area contributed by atoms with Crippen molar-refractivity contribution in [2.45, 2.75) is 58.8 Å². The van der Waals surface area contributed by atoms with Crippen LogP contribution in [-0.4, -0.2) is 54.4 Å². The topological polar surface area (TPSA) is 65.5 Å². The lowest BCUT2D eigenvalue weighted by Crippen LogP contribution is -2.49. The molecule has 1 aromatic rings. The first kappa shape index (κ1) is 21.2. The highest BCUT2D eigenvalue weighted by Gasteiger charge is 2.21. The summed E-state index contributed by atoms with van der Waals surface area (Å²) in [6.07, 6.45) is 8.89. The highest BCUT2D eigenvalue weighted by molar-refractivity contribution is 5.94. The van der Waals surface area contributed by atoms with Crippen molar-refractivity contribution < 1.29 is 9.59 Å². The first-order valence-corrected chi connectivity index (χ1v) is 10.4. The molecule has 6 heteroatoms. The summed E-state index contributed by atoms with van der Waals surface area (Å²) >= 11 is 0. The van der Waals surface area contributed by atoms with Gasteiger partial charge in [-0.1, -0.05) is 39.5 Å². The summed E-state index contributed by atoms with van der Waals surface area (Å²) in [4.78, 5) is 32.9. The van der Waals surface area contributed by atoms with Crippen molar-refractivity contribution in [2.24, 2.45) is 0 Å². The molecule has 0 saturated carbocycles. The van der Waals surface area contributed by atoms with E-state index >= 15 is 0 Å². The van der Waals surface area contributed by atoms with E-state index < -0.39 is 0 Å². The molecule has 0 spiro atoms. The minimum atomic E-state index is -0.0584. The number of unbranched alkanes of at least 4 members (excludes halogenated alkanes) is 4. The predicted molar refractivity (Wildman–Crippen MR) is 109 cm³/mol. The minimum Gasteiger partial charge on any atom is -0.353 e. The van der Waals surface area contributed by atoms with E-state index in [1.165, 1.54) is 12.8 Å². The van der Waals surface area contributed by atoms with E-state index in [1.807, 2.05) is 17.0 Å². The van der Waals surface area contributed by atoms with Gasteiger partial charge in [0.05, 0.1) is 5.56 Å². The van der Waals surface area contributed by atoms with Crippen LogP contribution in [0.4, 0.5) is 5.82 Å². The second kappa shape index (κ2) is 11.6. The molecule has 0 bridgehead atoms. The molecule has 2 amide bonds. The summed E-state index contributed by atoms with van der Waals surface area (Å²) in [5, 5.41) is 2.96. The molecular formula is C21H34N4O2. The summed E-state index contributed by atoms with van der Waals surface area (Å²) in [5.41, 5.74) is 0.600. The van der Waals surface area contributed by atoms with Crippen molar-refractivity contribution in [2.75, 3.05) is 37.6 Å². The van der Waals surface area contributed by atoms with Gasteiger partial charge in [-0.2, -0.15) is 0 Å². The number of carbonyl (C=O) groups is 2. The van der Waals surface area contributed by atoms with Crippen molar-refractivity contribution in [3.05, 3.63) is 23.9 Å². The van der Waals surface area contributed by atoms with Gasteiger partial charge >= 0.3 is 0 Å². The van der Waals surface area contributed by atoms with E-state index in [4.69, 9.17) is 0 Å². The Hall–Kier alpha value is -2.11. The van der Waals surface area contributed by atoms with Gasteiger partial charge in [0.2, 0.25) is 5.91 Å². The Kier molecular flexibility index (Phi) is 9.08. The molecule has 1 aromatic heterocycles. The summed E-state index contributed by atoms with van der Waals surface area (Å²) in [5.74, 6) is 1.07. The average Bonchev–Trinajstić information content (AvgIpc) is 2.72. The van der Waals surface area contributed by atoms with Gasteiger partial charge in [-0.15, -0.1) is 0 Å². The molecule has 1 aliphatic heterocycles. The van der Waals surface area contributed by atoms with Gasteiger partial charge in [0.1, 0.15) is 5.82 Å². The van der Waals surface area contributed by atoms with Gasteiger partial charge in [0.25, 0.3) is 5.91 Å². The van der Waals surface area contributed by atoms with Gasteiger partial charge in [-0.05, 0) is 25.0 Å². The van der Waals surface area contributed by atoms with E-state index in [9.17, 15) is 9.59 Å². The maximum atomic E-state index is 12.2. The molecule has 1 saturated heterocycles. The monoisotopic (exact) mass is 374 g/mol. The number of rotatable bonds is 10. The number of aromatic nitrogens is 1. The van der Waals surface area contributed by atoms with E-state index in [2.05, 4.69) is 29.0 Å². The average molecular weight is 375 g/mol. The SMILES string of the molecule is CCCCCCNC(=O)c1ccc(N2CCN(C(=O)CCCC)CC2)nc1. The third-order valence-corrected chi connectivity index (χ3v) is 5.03. The lowest BCUT2D eigenvalue weighted by Gasteiger charge is -2.35. The van der Waals surface area contributed by atoms with Crippen LogP contribution in [-0.2, 0) is 4.79 Å². The highest BCUT2D eigenvalue weighted by atomic mass is 16.2. The zero-order valence-electron chi connectivity index (χ0n) is 16.9. The van der Waals surface area contributed by atoms with Crippen LogP contribution in [0.5, 0.6) is 0 Å². The van der Waals surface area contributed by atoms with Gasteiger partial charge in [-0.3, -0.25) is 9.59 Å². The normalized spacial score (nSPS) is 14.3. The van der Waals surface area contributed by atoms with Gasteiger partial charge < -0.3 is 15.1 Å². The highest BCUT2D eigenvalue weighted by Crippen LogP contribution is 2.15. The van der Waals surface area contributed by atoms with Crippen LogP contribution in [0.3, 0.4) is 0 Å². The number of nitrogens with one attached hydrogen (secondary N) is 1. The van der Waals surface area contributed by atoms with Crippen LogP contribution >= 0.6 is 0 Å². The largest absolute Gasteiger partial charge is 0.353 e. The molecule has 2 rings (SSSR count). The van der Waals surface area contributed by atoms with Crippen molar-refractivity contribution in [3.8, 4) is 0 Å². The number of anilines is 1. The number of hydrogen-bond acceptors (Lipinski definition) is 4. The quantitative estimate of drug-likeness (QED) is 0.639. The summed E-state index contributed by atoms with van der Waals surface area (Å²) < 4.78 is 0. The fourth-order valence-electron chi connectivity index (χ4n) is 3.23. The third kappa shape index (κ3) is 6.85. The first-order valence-electron chi connectivity index (χ1n) is 10.4. The van der Waals surface area contributed by atoms with Crippen LogP contribution in [0.2, 0.25) is 0 Å². The van der Waals surface area contributed by atoms with Crippen LogP contribution in [0.25, 0.3) is 0 Å². The Balaban J connectivity index is 1.77. The smallest absolute Gasteiger partial charge is 0.252 e. The number of nitrogens with zero attached hydrogens (tertiary/aromatic N) is 3. The maximum Gasteiger partial charge on any atom is 0.252 e. The Morgan fingerprint density at radius 3 is 2.37 bits per heavy atom. The molecule has 150 valence electrons. The molecule has 1 N–H and O–H groups in total. The summed E-state index contributed by atoms with van der Waals surface area (Å²) in [6.45, 7) is 8.05. The third-order valence-electron chi connectivity index (χ3n) is 5.03. The second-order valence-corrected chi connectivity index (χ2v) is 7.19. The molecule has 0 aromatic carbocycles. The van der Waals surface area contributed by atoms with Crippen LogP contribution in [0.1, 0.15) is 69.2 Å². The van der Waals surface area contributed by atoms with Crippen molar-refractivity contribution in [1.82, 2.24) is 15.2 Å². The van der Waals surface area contributed by atoms with Crippen molar-refractivity contribution in [3.63, 3.8) is 0 Å². The lowest BCUT2D eigenvalue weighted by atomic mass is 10.2. The zero-order chi connectivity index (χ0) is 19.5. The maximum absolute atomic E-state index is 12.2. The van der Waals surface area contributed by atoms with Crippen LogP contribution < -0.4 is 10.2 Å². The Bertz CT molecular complexity index is 580. The van der Waals surface area contributed by atoms with Gasteiger partial charge in [-0.25, -0.2) is 4.98 Å². The molecule has 1 aliphatic rings. The molecule has 1 fully saturated rings. The van der Waals surface area contributed by atoms with Crippen LogP contribution in [0.15, 0.2) is 18.3 Å². The fraction of sp³-hybridized carbons (Fsp3) is 0.667. The van der Waals surface area contributed by atoms with Gasteiger partial charge in [0.15, 0.2) is 0 Å². The summed E-state index contributed by atoms with van der Waals surface area (Å²) in [7, 11) is 0. The number of amides is 2. The Morgan fingerprint density at radius 1 is 1.00 bits per heavy atom. The first-order chi connectivity index (χ1) is 13.2. The molecule has 27 heavy (non-hydrogen) atoms. The molecular weight excluding hydrogens is 340 g/mol. The predicted octanol–water partition coefficient (Wildman–Crippen LogP) is 3.23. The van der Waals surface area contributed by atoms with Crippen molar-refractivity contribution in [1.29, 1.82) is 0 Å². The fourth-order valence-corrected chi connectivity index (χ4v) is 3.23. The molecule has 2 heterocycles. The second-order valence-electron chi connectivity index (χ2n) is 7.19. The zero-order valence-corrected chi connectivity index (χ0v) is 16.9. The Morgan fingerprint density at radius 2 is 1.74 bits per heavy atom. The van der Waals surface area contributed by atoms with E-state index in [0.29, 0.717) is 18.5 Å². The van der Waals surface area contributed by atoms with E-state index in [1.54, 1.807) is 6.20 Å². The van der Waals surface area contributed by atoms with Crippen LogP contribution in [0, 0.1) is 0 Å². The molecule has 0 aliphatic carbocycles. The number of piperazine rings is 1. The standard InChI is InChI=1S/C21H34N4O2/c1-3-5-7-8-12-22-21(27)18-10-11-19(23-17-18)24-13-15-25(16-14-24)20(26)9-6-4-2/h10-11,17H,3-9,12-16H2,1-2H3,(H,22,27). The Labute approximate surface area is 163 Å². The molecule has 0 radical (unpaired) electrons. The van der Waals surface area contributed by atoms with Crippen molar-refractivity contribution >= 4 is 17.6 Å². The molecule has 0 atom stereocenters. The van der Waals surface area contributed by atoms with E-state index in [0.717, 1.165) is 57.7 Å². The number of carbonyl (C=O) groups excluding carboxylic acids is 2. The summed E-state index contributed by atoms with van der Waals surface area (Å²) in [6, 6.07) is 3.74.